The van der Waals surface area contributed by atoms with Crippen LogP contribution in [0.1, 0.15) is 106 Å². The molecule has 0 spiro atoms. The van der Waals surface area contributed by atoms with Crippen LogP contribution in [0.5, 0.6) is 5.75 Å². The standard InChI is InChI=1S/C43H43ClN6O7/c1-42(2)40(43(3,4)41(42)57-28-10-11-32(45-5)31(44)20-28)47-35(52)23-6-8-24(9-7-23)37(54)48-16-14-27(15-17-48)49-21-25-18-29-30(19-26(25)22-49)39(56)50(38(29)55)33-12-13-34(51)46-36(33)53/h6-11,18-20,27,33,40-41H,12-17,21-22H2,1-4H3,(H,47,52)(H,46,51,53). The zero-order chi connectivity index (χ0) is 40.6. The second kappa shape index (κ2) is 14.1. The van der Waals surface area contributed by atoms with E-state index in [9.17, 15) is 28.8 Å². The van der Waals surface area contributed by atoms with Crippen molar-refractivity contribution in [2.45, 2.75) is 90.7 Å². The van der Waals surface area contributed by atoms with Crippen molar-refractivity contribution in [2.24, 2.45) is 10.8 Å². The van der Waals surface area contributed by atoms with Gasteiger partial charge in [0, 0.05) is 66.6 Å². The van der Waals surface area contributed by atoms with Crippen LogP contribution in [0.2, 0.25) is 5.02 Å². The molecule has 0 bridgehead atoms. The van der Waals surface area contributed by atoms with Gasteiger partial charge < -0.3 is 15.0 Å². The van der Waals surface area contributed by atoms with Gasteiger partial charge in [0.2, 0.25) is 17.5 Å². The SMILES string of the molecule is [C-]#[N+]c1ccc(OC2C(C)(C)C(NC(=O)c3ccc(C(=O)N4CCC(N5Cc6cc7c(cc6C5)C(=O)N(C5CCC(=O)NC5=O)C7=O)CC4)cc3)C2(C)C)cc1Cl. The van der Waals surface area contributed by atoms with Crippen molar-refractivity contribution in [1.29, 1.82) is 0 Å². The molecule has 1 saturated carbocycles. The summed E-state index contributed by atoms with van der Waals surface area (Å²) in [5.74, 6) is -1.82. The molecule has 6 amide bonds. The molecule has 3 aromatic rings. The van der Waals surface area contributed by atoms with Crippen molar-refractivity contribution in [3.8, 4) is 5.75 Å². The van der Waals surface area contributed by atoms with Gasteiger partial charge in [-0.3, -0.25) is 43.9 Å². The quantitative estimate of drug-likeness (QED) is 0.235. The Hall–Kier alpha value is -5.58. The molecule has 1 unspecified atom stereocenters. The van der Waals surface area contributed by atoms with E-state index in [1.807, 2.05) is 32.6 Å². The Bertz CT molecular complexity index is 2230. The van der Waals surface area contributed by atoms with Gasteiger partial charge in [0.15, 0.2) is 0 Å². The van der Waals surface area contributed by atoms with Crippen LogP contribution in [0.4, 0.5) is 5.69 Å². The highest BCUT2D eigenvalue weighted by Gasteiger charge is 2.64. The third kappa shape index (κ3) is 6.54. The fraction of sp³-hybridized carbons (Fsp3) is 0.419. The number of hydrogen-bond donors (Lipinski definition) is 2. The lowest BCUT2D eigenvalue weighted by Crippen LogP contribution is -2.74. The lowest BCUT2D eigenvalue weighted by Gasteiger charge is -2.63. The van der Waals surface area contributed by atoms with Crippen molar-refractivity contribution >= 4 is 52.7 Å². The lowest BCUT2D eigenvalue weighted by molar-refractivity contribution is -0.164. The molecule has 4 aliphatic heterocycles. The summed E-state index contributed by atoms with van der Waals surface area (Å²) in [6, 6.07) is 14.3. The van der Waals surface area contributed by atoms with Gasteiger partial charge in [0.25, 0.3) is 23.6 Å². The minimum Gasteiger partial charge on any atom is -0.489 e. The Kier molecular flexibility index (Phi) is 9.48. The summed E-state index contributed by atoms with van der Waals surface area (Å²) in [4.78, 5) is 86.3. The molecule has 2 saturated heterocycles. The monoisotopic (exact) mass is 790 g/mol. The summed E-state index contributed by atoms with van der Waals surface area (Å²) in [5.41, 5.74) is 3.01. The number of carbonyl (C=O) groups is 6. The first-order chi connectivity index (χ1) is 27.1. The number of nitrogens with zero attached hydrogens (tertiary/aromatic N) is 4. The zero-order valence-electron chi connectivity index (χ0n) is 32.2. The average molecular weight is 791 g/mol. The molecule has 3 fully saturated rings. The van der Waals surface area contributed by atoms with Gasteiger partial charge in [-0.2, -0.15) is 0 Å². The van der Waals surface area contributed by atoms with Gasteiger partial charge >= 0.3 is 0 Å². The molecule has 294 valence electrons. The van der Waals surface area contributed by atoms with Crippen LogP contribution >= 0.6 is 11.6 Å². The summed E-state index contributed by atoms with van der Waals surface area (Å²) in [7, 11) is 0. The number of ether oxygens (including phenoxy) is 1. The van der Waals surface area contributed by atoms with Crippen molar-refractivity contribution in [3.63, 3.8) is 0 Å². The van der Waals surface area contributed by atoms with E-state index in [1.165, 1.54) is 0 Å². The Labute approximate surface area is 335 Å². The smallest absolute Gasteiger partial charge is 0.262 e. The number of likely N-dealkylation sites (tertiary alicyclic amines) is 1. The van der Waals surface area contributed by atoms with E-state index in [2.05, 4.69) is 20.4 Å². The van der Waals surface area contributed by atoms with Crippen molar-refractivity contribution in [1.82, 2.24) is 25.3 Å². The molecule has 5 aliphatic rings. The molecule has 2 N–H and O–H groups in total. The van der Waals surface area contributed by atoms with E-state index < -0.39 is 40.5 Å². The third-order valence-corrected chi connectivity index (χ3v) is 12.9. The molecule has 8 rings (SSSR count). The minimum atomic E-state index is -0.996. The van der Waals surface area contributed by atoms with Crippen LogP contribution in [0.3, 0.4) is 0 Å². The number of rotatable bonds is 7. The summed E-state index contributed by atoms with van der Waals surface area (Å²) in [6.45, 7) is 17.8. The molecule has 1 aliphatic carbocycles. The fourth-order valence-corrected chi connectivity index (χ4v) is 10.0. The highest BCUT2D eigenvalue weighted by molar-refractivity contribution is 6.33. The number of hydrogen-bond acceptors (Lipinski definition) is 8. The van der Waals surface area contributed by atoms with Gasteiger partial charge in [-0.05, 0) is 78.9 Å². The number of nitrogens with one attached hydrogen (secondary N) is 2. The molecule has 3 aromatic carbocycles. The average Bonchev–Trinajstić information content (AvgIpc) is 3.71. The van der Waals surface area contributed by atoms with Crippen LogP contribution in [0.15, 0.2) is 54.6 Å². The maximum Gasteiger partial charge on any atom is 0.262 e. The first kappa shape index (κ1) is 38.3. The second-order valence-electron chi connectivity index (χ2n) is 16.9. The lowest BCUT2D eigenvalue weighted by atomic mass is 9.49. The van der Waals surface area contributed by atoms with Crippen LogP contribution < -0.4 is 15.4 Å². The third-order valence-electron chi connectivity index (χ3n) is 12.6. The van der Waals surface area contributed by atoms with Crippen LogP contribution in [0.25, 0.3) is 4.85 Å². The van der Waals surface area contributed by atoms with E-state index in [-0.39, 0.29) is 54.0 Å². The first-order valence-corrected chi connectivity index (χ1v) is 19.6. The van der Waals surface area contributed by atoms with E-state index >= 15 is 0 Å². The number of amides is 6. The number of piperidine rings is 2. The van der Waals surface area contributed by atoms with E-state index in [0.717, 1.165) is 28.9 Å². The predicted molar refractivity (Wildman–Crippen MR) is 209 cm³/mol. The molecule has 13 nitrogen and oxygen atoms in total. The van der Waals surface area contributed by atoms with Crippen molar-refractivity contribution in [2.75, 3.05) is 13.1 Å². The molecule has 14 heteroatoms. The maximum absolute atomic E-state index is 13.6. The van der Waals surface area contributed by atoms with Gasteiger partial charge in [-0.1, -0.05) is 45.4 Å². The van der Waals surface area contributed by atoms with E-state index in [0.29, 0.717) is 53.8 Å². The summed E-state index contributed by atoms with van der Waals surface area (Å²) >= 11 is 6.24. The number of benzene rings is 3. The summed E-state index contributed by atoms with van der Waals surface area (Å²) < 4.78 is 6.35. The molecule has 0 radical (unpaired) electrons. The van der Waals surface area contributed by atoms with Crippen LogP contribution in [0, 0.1) is 17.4 Å². The van der Waals surface area contributed by atoms with Crippen molar-refractivity contribution in [3.05, 3.63) is 104 Å². The molecular weight excluding hydrogens is 748 g/mol. The van der Waals surface area contributed by atoms with Crippen LogP contribution in [-0.4, -0.2) is 87.5 Å². The second-order valence-corrected chi connectivity index (χ2v) is 17.3. The number of halogens is 1. The Morgan fingerprint density at radius 1 is 0.860 bits per heavy atom. The molecule has 1 atom stereocenters. The van der Waals surface area contributed by atoms with Gasteiger partial charge in [-0.25, -0.2) is 4.85 Å². The summed E-state index contributed by atoms with van der Waals surface area (Å²) in [5, 5.41) is 5.76. The van der Waals surface area contributed by atoms with Crippen LogP contribution in [-0.2, 0) is 22.7 Å². The topological polar surface area (TPSA) is 150 Å². The van der Waals surface area contributed by atoms with E-state index in [1.54, 1.807) is 54.6 Å². The molecule has 57 heavy (non-hydrogen) atoms. The maximum atomic E-state index is 13.6. The zero-order valence-corrected chi connectivity index (χ0v) is 32.9. The minimum absolute atomic E-state index is 0.0718. The Balaban J connectivity index is 0.839. The molecule has 4 heterocycles. The van der Waals surface area contributed by atoms with Gasteiger partial charge in [0.05, 0.1) is 22.7 Å². The predicted octanol–water partition coefficient (Wildman–Crippen LogP) is 5.52. The number of fused-ring (bicyclic) bond motifs is 2. The van der Waals surface area contributed by atoms with E-state index in [4.69, 9.17) is 22.9 Å². The van der Waals surface area contributed by atoms with Gasteiger partial charge in [0.1, 0.15) is 17.9 Å². The number of imide groups is 2. The molecular formula is C43H43ClN6O7. The van der Waals surface area contributed by atoms with Crippen molar-refractivity contribution < 1.29 is 33.5 Å². The first-order valence-electron chi connectivity index (χ1n) is 19.2. The Morgan fingerprint density at radius 2 is 1.46 bits per heavy atom. The summed E-state index contributed by atoms with van der Waals surface area (Å²) in [6.07, 6.45) is 1.48. The fourth-order valence-electron chi connectivity index (χ4n) is 9.84. The number of carbonyl (C=O) groups excluding carboxylic acids is 6. The highest BCUT2D eigenvalue weighted by atomic mass is 35.5. The molecule has 0 aromatic heterocycles. The Morgan fingerprint density at radius 3 is 2.02 bits per heavy atom. The largest absolute Gasteiger partial charge is 0.489 e. The highest BCUT2D eigenvalue weighted by Crippen LogP contribution is 2.55. The van der Waals surface area contributed by atoms with Gasteiger partial charge in [-0.15, -0.1) is 0 Å². The normalized spacial score (nSPS) is 24.0.